The Morgan fingerprint density at radius 1 is 1.18 bits per heavy atom. The van der Waals surface area contributed by atoms with E-state index in [1.165, 1.54) is 29.3 Å². The summed E-state index contributed by atoms with van der Waals surface area (Å²) >= 11 is 0. The van der Waals surface area contributed by atoms with Crippen molar-refractivity contribution in [2.45, 2.75) is 19.4 Å². The van der Waals surface area contributed by atoms with Crippen molar-refractivity contribution >= 4 is 11.5 Å². The zero-order valence-electron chi connectivity index (χ0n) is 18.5. The Morgan fingerprint density at radius 3 is 2.64 bits per heavy atom. The highest BCUT2D eigenvalue weighted by Gasteiger charge is 2.30. The molecule has 1 aromatic heterocycles. The van der Waals surface area contributed by atoms with Gasteiger partial charge in [-0.25, -0.2) is 14.6 Å². The van der Waals surface area contributed by atoms with Crippen molar-refractivity contribution in [3.05, 3.63) is 53.4 Å². The number of nitrogens with zero attached hydrogens (tertiary/aromatic N) is 5. The van der Waals surface area contributed by atoms with Crippen LogP contribution in [0.15, 0.2) is 47.8 Å². The SMILES string of the molecule is C/C(N)=C(\COc1ccc(N2CCN3CCOCC3C2)nn1)N(N)c1ccc(C(F)F)cc1. The fourth-order valence-corrected chi connectivity index (χ4v) is 3.97. The molecule has 178 valence electrons. The lowest BCUT2D eigenvalue weighted by Crippen LogP contribution is -2.58. The zero-order chi connectivity index (χ0) is 23.4. The molecule has 2 saturated heterocycles. The summed E-state index contributed by atoms with van der Waals surface area (Å²) in [6.45, 7) is 6.95. The Morgan fingerprint density at radius 2 is 1.97 bits per heavy atom. The van der Waals surface area contributed by atoms with E-state index < -0.39 is 6.43 Å². The van der Waals surface area contributed by atoms with Gasteiger partial charge in [-0.15, -0.1) is 10.2 Å². The molecule has 11 heteroatoms. The summed E-state index contributed by atoms with van der Waals surface area (Å²) in [6.07, 6.45) is -2.54. The highest BCUT2D eigenvalue weighted by Crippen LogP contribution is 2.24. The highest BCUT2D eigenvalue weighted by atomic mass is 19.3. The number of alkyl halides is 2. The predicted molar refractivity (Wildman–Crippen MR) is 121 cm³/mol. The minimum atomic E-state index is -2.54. The normalized spacial score (nSPS) is 19.8. The molecule has 4 rings (SSSR count). The highest BCUT2D eigenvalue weighted by molar-refractivity contribution is 5.52. The summed E-state index contributed by atoms with van der Waals surface area (Å²) in [6, 6.07) is 9.68. The van der Waals surface area contributed by atoms with E-state index in [4.69, 9.17) is 21.1 Å². The molecule has 0 saturated carbocycles. The van der Waals surface area contributed by atoms with Crippen LogP contribution < -0.4 is 26.2 Å². The summed E-state index contributed by atoms with van der Waals surface area (Å²) in [5.41, 5.74) is 7.35. The number of aromatic nitrogens is 2. The van der Waals surface area contributed by atoms with E-state index in [-0.39, 0.29) is 12.2 Å². The molecule has 1 atom stereocenters. The topological polar surface area (TPSA) is 106 Å². The summed E-state index contributed by atoms with van der Waals surface area (Å²) in [5, 5.41) is 9.83. The Bertz CT molecular complexity index is 952. The van der Waals surface area contributed by atoms with E-state index in [1.807, 2.05) is 6.07 Å². The number of fused-ring (bicyclic) bond motifs is 1. The molecule has 3 heterocycles. The summed E-state index contributed by atoms with van der Waals surface area (Å²) in [5.74, 6) is 7.30. The predicted octanol–water partition coefficient (Wildman–Crippen LogP) is 1.88. The van der Waals surface area contributed by atoms with Crippen molar-refractivity contribution in [1.29, 1.82) is 0 Å². The van der Waals surface area contributed by atoms with Crippen molar-refractivity contribution in [2.75, 3.05) is 55.9 Å². The van der Waals surface area contributed by atoms with Crippen LogP contribution in [-0.2, 0) is 4.74 Å². The van der Waals surface area contributed by atoms with Crippen molar-refractivity contribution in [3.63, 3.8) is 0 Å². The van der Waals surface area contributed by atoms with Crippen LogP contribution in [0.4, 0.5) is 20.3 Å². The number of nitrogens with two attached hydrogens (primary N) is 2. The van der Waals surface area contributed by atoms with E-state index >= 15 is 0 Å². The number of ether oxygens (including phenoxy) is 2. The Kier molecular flexibility index (Phi) is 7.21. The van der Waals surface area contributed by atoms with E-state index in [0.29, 0.717) is 29.0 Å². The van der Waals surface area contributed by atoms with Crippen LogP contribution in [0.2, 0.25) is 0 Å². The minimum Gasteiger partial charge on any atom is -0.470 e. The van der Waals surface area contributed by atoms with Gasteiger partial charge >= 0.3 is 0 Å². The molecule has 4 N–H and O–H groups in total. The van der Waals surface area contributed by atoms with Gasteiger partial charge < -0.3 is 20.1 Å². The van der Waals surface area contributed by atoms with Crippen LogP contribution in [0.3, 0.4) is 0 Å². The molecule has 1 unspecified atom stereocenters. The number of piperazine rings is 1. The number of anilines is 2. The number of hydrazine groups is 1. The summed E-state index contributed by atoms with van der Waals surface area (Å²) in [7, 11) is 0. The number of allylic oxidation sites excluding steroid dienone is 1. The first-order valence-electron chi connectivity index (χ1n) is 10.8. The Labute approximate surface area is 191 Å². The van der Waals surface area contributed by atoms with Gasteiger partial charge in [0.1, 0.15) is 6.61 Å². The van der Waals surface area contributed by atoms with Gasteiger partial charge in [0.2, 0.25) is 5.88 Å². The van der Waals surface area contributed by atoms with Crippen LogP contribution in [0, 0.1) is 0 Å². The van der Waals surface area contributed by atoms with E-state index in [9.17, 15) is 8.78 Å². The minimum absolute atomic E-state index is 0.0432. The monoisotopic (exact) mass is 461 g/mol. The molecule has 0 amide bonds. The second-order valence-corrected chi connectivity index (χ2v) is 8.12. The van der Waals surface area contributed by atoms with Crippen LogP contribution >= 0.6 is 0 Å². The average Bonchev–Trinajstić information content (AvgIpc) is 2.84. The summed E-state index contributed by atoms with van der Waals surface area (Å²) < 4.78 is 37.0. The molecule has 0 aliphatic carbocycles. The van der Waals surface area contributed by atoms with Gasteiger partial charge in [0.15, 0.2) is 5.82 Å². The number of hydrogen-bond donors (Lipinski definition) is 2. The van der Waals surface area contributed by atoms with Gasteiger partial charge in [0.25, 0.3) is 6.43 Å². The zero-order valence-corrected chi connectivity index (χ0v) is 18.5. The number of halogens is 2. The summed E-state index contributed by atoms with van der Waals surface area (Å²) in [4.78, 5) is 4.65. The lowest BCUT2D eigenvalue weighted by Gasteiger charge is -2.43. The van der Waals surface area contributed by atoms with Gasteiger partial charge in [-0.2, -0.15) is 0 Å². The first-order chi connectivity index (χ1) is 15.9. The van der Waals surface area contributed by atoms with Crippen LogP contribution in [0.5, 0.6) is 5.88 Å². The van der Waals surface area contributed by atoms with Gasteiger partial charge in [-0.1, -0.05) is 12.1 Å². The van der Waals surface area contributed by atoms with Gasteiger partial charge in [-0.05, 0) is 25.1 Å². The number of benzene rings is 1. The van der Waals surface area contributed by atoms with Gasteiger partial charge in [-0.3, -0.25) is 9.91 Å². The fraction of sp³-hybridized carbons (Fsp3) is 0.455. The molecule has 2 aliphatic rings. The molecule has 33 heavy (non-hydrogen) atoms. The smallest absolute Gasteiger partial charge is 0.263 e. The first kappa shape index (κ1) is 23.1. The molecule has 0 spiro atoms. The molecule has 0 bridgehead atoms. The largest absolute Gasteiger partial charge is 0.470 e. The third kappa shape index (κ3) is 5.49. The Balaban J connectivity index is 1.36. The first-order valence-corrected chi connectivity index (χ1v) is 10.8. The van der Waals surface area contributed by atoms with E-state index in [0.717, 1.165) is 45.2 Å². The van der Waals surface area contributed by atoms with Gasteiger partial charge in [0.05, 0.1) is 30.6 Å². The lowest BCUT2D eigenvalue weighted by atomic mass is 10.1. The fourth-order valence-electron chi connectivity index (χ4n) is 3.97. The van der Waals surface area contributed by atoms with E-state index in [2.05, 4.69) is 20.0 Å². The third-order valence-corrected chi connectivity index (χ3v) is 5.91. The quantitative estimate of drug-likeness (QED) is 0.472. The van der Waals surface area contributed by atoms with Gasteiger partial charge in [0, 0.05) is 43.5 Å². The third-order valence-electron chi connectivity index (χ3n) is 5.91. The van der Waals surface area contributed by atoms with E-state index in [1.54, 1.807) is 13.0 Å². The van der Waals surface area contributed by atoms with Crippen molar-refractivity contribution < 1.29 is 18.3 Å². The second kappa shape index (κ2) is 10.3. The Hall–Kier alpha value is -3.02. The van der Waals surface area contributed by atoms with Crippen molar-refractivity contribution in [3.8, 4) is 5.88 Å². The molecule has 9 nitrogen and oxygen atoms in total. The number of rotatable bonds is 7. The van der Waals surface area contributed by atoms with Crippen LogP contribution in [0.1, 0.15) is 18.9 Å². The van der Waals surface area contributed by atoms with Crippen molar-refractivity contribution in [2.24, 2.45) is 11.6 Å². The molecule has 2 fully saturated rings. The maximum atomic E-state index is 12.8. The standard InChI is InChI=1S/C22H29F2N7O2/c1-15(25)19(31(26)17-4-2-16(3-5-17)22(23)24)14-33-21-7-6-20(27-28-21)30-9-8-29-10-11-32-13-18(29)12-30/h2-7,18,22H,8-14,25-26H2,1H3/b19-15-. The maximum absolute atomic E-state index is 12.8. The molecular formula is C22H29F2N7O2. The van der Waals surface area contributed by atoms with Crippen LogP contribution in [0.25, 0.3) is 0 Å². The molecule has 2 aliphatic heterocycles. The molecule has 2 aromatic rings. The van der Waals surface area contributed by atoms with Crippen LogP contribution in [-0.4, -0.2) is 67.1 Å². The van der Waals surface area contributed by atoms with Crippen molar-refractivity contribution in [1.82, 2.24) is 15.1 Å². The lowest BCUT2D eigenvalue weighted by molar-refractivity contribution is -0.0118. The molecule has 0 radical (unpaired) electrons. The second-order valence-electron chi connectivity index (χ2n) is 8.12. The number of hydrogen-bond acceptors (Lipinski definition) is 9. The molecule has 1 aromatic carbocycles. The number of morpholine rings is 1. The molecular weight excluding hydrogens is 432 g/mol. The average molecular weight is 462 g/mol. The maximum Gasteiger partial charge on any atom is 0.263 e.